The molecule has 0 unspecified atom stereocenters. The number of Topliss-reactive ketones (excluding diaryl/α,β-unsaturated/α-hetero) is 1. The number of hydrogen-bond donors (Lipinski definition) is 0. The van der Waals surface area contributed by atoms with Crippen LogP contribution in [0.1, 0.15) is 45.5 Å². The average Bonchev–Trinajstić information content (AvgIpc) is 3.02. The van der Waals surface area contributed by atoms with E-state index in [1.807, 2.05) is 71.8 Å². The number of rotatable bonds is 8. The van der Waals surface area contributed by atoms with Gasteiger partial charge in [-0.2, -0.15) is 0 Å². The lowest BCUT2D eigenvalue weighted by molar-refractivity contribution is -0.121. The molecule has 1 heterocycles. The summed E-state index contributed by atoms with van der Waals surface area (Å²) >= 11 is 0. The lowest BCUT2D eigenvalue weighted by Gasteiger charge is -2.25. The molecule has 152 valence electrons. The molecule has 3 rings (SSSR count). The zero-order valence-corrected chi connectivity index (χ0v) is 17.7. The highest BCUT2D eigenvalue weighted by atomic mass is 16.2. The van der Waals surface area contributed by atoms with Gasteiger partial charge in [-0.25, -0.2) is 4.98 Å². The molecule has 0 saturated carbocycles. The van der Waals surface area contributed by atoms with Crippen LogP contribution in [-0.4, -0.2) is 21.2 Å². The van der Waals surface area contributed by atoms with Gasteiger partial charge in [-0.15, -0.1) is 0 Å². The highest BCUT2D eigenvalue weighted by Gasteiger charge is 2.21. The molecule has 0 N–H and O–H groups in total. The number of fused-ring (bicyclic) bond motifs is 1. The first kappa shape index (κ1) is 20.8. The second-order valence-corrected chi connectivity index (χ2v) is 7.80. The fourth-order valence-corrected chi connectivity index (χ4v) is 3.52. The van der Waals surface area contributed by atoms with Crippen LogP contribution in [0, 0.1) is 5.92 Å². The second kappa shape index (κ2) is 9.03. The first-order valence-corrected chi connectivity index (χ1v) is 10.2. The van der Waals surface area contributed by atoms with Gasteiger partial charge in [-0.3, -0.25) is 9.59 Å². The van der Waals surface area contributed by atoms with Gasteiger partial charge >= 0.3 is 0 Å². The molecule has 2 aromatic carbocycles. The Bertz CT molecular complexity index is 1010. The molecule has 0 saturated heterocycles. The Morgan fingerprint density at radius 2 is 1.83 bits per heavy atom. The minimum atomic E-state index is -0.111. The molecule has 0 atom stereocenters. The Labute approximate surface area is 172 Å². The third-order valence-electron chi connectivity index (χ3n) is 4.92. The maximum Gasteiger partial charge on any atom is 0.229 e. The van der Waals surface area contributed by atoms with Crippen LogP contribution in [0.2, 0.25) is 0 Å². The highest BCUT2D eigenvalue weighted by molar-refractivity contribution is 5.96. The summed E-state index contributed by atoms with van der Waals surface area (Å²) in [7, 11) is 0. The summed E-state index contributed by atoms with van der Waals surface area (Å²) in [6.45, 7) is 8.37. The van der Waals surface area contributed by atoms with E-state index in [9.17, 15) is 9.59 Å². The van der Waals surface area contributed by atoms with Crippen LogP contribution in [0.15, 0.2) is 48.5 Å². The second-order valence-electron chi connectivity index (χ2n) is 7.80. The molecule has 29 heavy (non-hydrogen) atoms. The van der Waals surface area contributed by atoms with Gasteiger partial charge in [0.2, 0.25) is 5.91 Å². The van der Waals surface area contributed by atoms with Gasteiger partial charge in [0, 0.05) is 18.0 Å². The molecular formula is C24H29N3O2. The number of nitrogens with zero attached hydrogens (tertiary/aromatic N) is 3. The highest BCUT2D eigenvalue weighted by Crippen LogP contribution is 2.26. The van der Waals surface area contributed by atoms with E-state index in [-0.39, 0.29) is 17.6 Å². The summed E-state index contributed by atoms with van der Waals surface area (Å²) < 4.78 is 2.00. The lowest BCUT2D eigenvalue weighted by atomic mass is 10.1. The maximum absolute atomic E-state index is 13.0. The summed E-state index contributed by atoms with van der Waals surface area (Å²) in [6.07, 6.45) is 1.77. The topological polar surface area (TPSA) is 55.2 Å². The van der Waals surface area contributed by atoms with Gasteiger partial charge in [0.15, 0.2) is 0 Å². The van der Waals surface area contributed by atoms with Gasteiger partial charge in [-0.05, 0) is 37.1 Å². The number of ketones is 1. The molecule has 0 fully saturated rings. The van der Waals surface area contributed by atoms with Crippen molar-refractivity contribution in [1.82, 2.24) is 9.55 Å². The standard InChI is InChI=1S/C24H29N3O2/c1-5-9-23-25-21-14-20(12-13-22(21)27(23)15-18(4)28)26(24(29)17(2)3)16-19-10-7-6-8-11-19/h6-8,10-14,17H,5,9,15-16H2,1-4H3. The average molecular weight is 392 g/mol. The van der Waals surface area contributed by atoms with Crippen LogP contribution < -0.4 is 4.90 Å². The van der Waals surface area contributed by atoms with E-state index >= 15 is 0 Å². The number of carbonyl (C=O) groups is 2. The van der Waals surface area contributed by atoms with Gasteiger partial charge < -0.3 is 9.47 Å². The molecule has 0 bridgehead atoms. The smallest absolute Gasteiger partial charge is 0.229 e. The number of hydrogen-bond acceptors (Lipinski definition) is 3. The molecule has 0 spiro atoms. The number of imidazole rings is 1. The molecule has 0 aliphatic carbocycles. The van der Waals surface area contributed by atoms with Gasteiger partial charge in [-0.1, -0.05) is 51.1 Å². The van der Waals surface area contributed by atoms with E-state index in [0.717, 1.165) is 41.0 Å². The van der Waals surface area contributed by atoms with Crippen molar-refractivity contribution in [3.05, 3.63) is 59.9 Å². The minimum absolute atomic E-state index is 0.0742. The Balaban J connectivity index is 2.04. The fraction of sp³-hybridized carbons (Fsp3) is 0.375. The molecule has 1 amide bonds. The van der Waals surface area contributed by atoms with Crippen LogP contribution in [0.4, 0.5) is 5.69 Å². The quantitative estimate of drug-likeness (QED) is 0.556. The Morgan fingerprint density at radius 3 is 2.45 bits per heavy atom. The zero-order valence-electron chi connectivity index (χ0n) is 17.7. The summed E-state index contributed by atoms with van der Waals surface area (Å²) in [5.74, 6) is 0.983. The molecule has 0 aliphatic rings. The lowest BCUT2D eigenvalue weighted by Crippen LogP contribution is -2.33. The molecular weight excluding hydrogens is 362 g/mol. The van der Waals surface area contributed by atoms with Crippen molar-refractivity contribution in [1.29, 1.82) is 0 Å². The van der Waals surface area contributed by atoms with Crippen molar-refractivity contribution < 1.29 is 9.59 Å². The third kappa shape index (κ3) is 4.73. The molecule has 0 radical (unpaired) electrons. The van der Waals surface area contributed by atoms with Gasteiger partial charge in [0.05, 0.1) is 24.1 Å². The first-order chi connectivity index (χ1) is 13.9. The van der Waals surface area contributed by atoms with Crippen molar-refractivity contribution >= 4 is 28.4 Å². The van der Waals surface area contributed by atoms with Crippen molar-refractivity contribution in [3.8, 4) is 0 Å². The number of aryl methyl sites for hydroxylation is 1. The normalized spacial score (nSPS) is 11.2. The first-order valence-electron chi connectivity index (χ1n) is 10.2. The van der Waals surface area contributed by atoms with Gasteiger partial charge in [0.25, 0.3) is 0 Å². The minimum Gasteiger partial charge on any atom is -0.320 e. The third-order valence-corrected chi connectivity index (χ3v) is 4.92. The Hall–Kier alpha value is -2.95. The van der Waals surface area contributed by atoms with E-state index in [4.69, 9.17) is 4.98 Å². The molecule has 1 aromatic heterocycles. The van der Waals surface area contributed by atoms with Crippen LogP contribution >= 0.6 is 0 Å². The van der Waals surface area contributed by atoms with Crippen LogP contribution in [0.25, 0.3) is 11.0 Å². The van der Waals surface area contributed by atoms with Crippen LogP contribution in [0.3, 0.4) is 0 Å². The number of carbonyl (C=O) groups excluding carboxylic acids is 2. The van der Waals surface area contributed by atoms with Crippen molar-refractivity contribution in [2.75, 3.05) is 4.90 Å². The van der Waals surface area contributed by atoms with E-state index < -0.39 is 0 Å². The van der Waals surface area contributed by atoms with Crippen LogP contribution in [-0.2, 0) is 29.1 Å². The largest absolute Gasteiger partial charge is 0.320 e. The van der Waals surface area contributed by atoms with E-state index in [1.54, 1.807) is 6.92 Å². The number of aromatic nitrogens is 2. The predicted octanol–water partition coefficient (Wildman–Crippen LogP) is 4.77. The zero-order chi connectivity index (χ0) is 21.0. The summed E-state index contributed by atoms with van der Waals surface area (Å²) in [4.78, 5) is 31.3. The number of amides is 1. The SMILES string of the molecule is CCCc1nc2cc(N(Cc3ccccc3)C(=O)C(C)C)ccc2n1CC(C)=O. The van der Waals surface area contributed by atoms with E-state index in [2.05, 4.69) is 6.92 Å². The summed E-state index contributed by atoms with van der Waals surface area (Å²) in [6, 6.07) is 15.9. The Kier molecular flexibility index (Phi) is 6.47. The van der Waals surface area contributed by atoms with Crippen molar-refractivity contribution in [3.63, 3.8) is 0 Å². The molecule has 0 aliphatic heterocycles. The fourth-order valence-electron chi connectivity index (χ4n) is 3.52. The summed E-state index contributed by atoms with van der Waals surface area (Å²) in [5.41, 5.74) is 3.66. The summed E-state index contributed by atoms with van der Waals surface area (Å²) in [5, 5.41) is 0. The van der Waals surface area contributed by atoms with Gasteiger partial charge in [0.1, 0.15) is 11.6 Å². The number of anilines is 1. The van der Waals surface area contributed by atoms with E-state index in [0.29, 0.717) is 13.1 Å². The Morgan fingerprint density at radius 1 is 1.10 bits per heavy atom. The maximum atomic E-state index is 13.0. The predicted molar refractivity (Wildman–Crippen MR) is 117 cm³/mol. The van der Waals surface area contributed by atoms with Crippen molar-refractivity contribution in [2.24, 2.45) is 5.92 Å². The molecule has 5 nitrogen and oxygen atoms in total. The van der Waals surface area contributed by atoms with E-state index in [1.165, 1.54) is 0 Å². The molecule has 3 aromatic rings. The monoisotopic (exact) mass is 391 g/mol. The van der Waals surface area contributed by atoms with Crippen molar-refractivity contribution in [2.45, 2.75) is 53.6 Å². The number of benzene rings is 2. The molecule has 5 heteroatoms. The van der Waals surface area contributed by atoms with Crippen LogP contribution in [0.5, 0.6) is 0 Å².